The fourth-order valence-electron chi connectivity index (χ4n) is 2.16. The molecule has 3 N–H and O–H groups in total. The smallest absolute Gasteiger partial charge is 0.279 e. The number of quaternary nitrogens is 1. The molecule has 23 heavy (non-hydrogen) atoms. The molecule has 2 aromatic carbocycles. The van der Waals surface area contributed by atoms with Crippen LogP contribution in [0.15, 0.2) is 42.5 Å². The Balaban J connectivity index is 1.92. The summed E-state index contributed by atoms with van der Waals surface area (Å²) in [4.78, 5) is 12.0. The summed E-state index contributed by atoms with van der Waals surface area (Å²) in [7, 11) is 0. The molecular formula is C17H16Cl2N3O+. The van der Waals surface area contributed by atoms with Gasteiger partial charge in [-0.15, -0.1) is 0 Å². The Hall–Kier alpha value is -2.06. The lowest BCUT2D eigenvalue weighted by atomic mass is 10.1. The second-order valence-electron chi connectivity index (χ2n) is 5.14. The van der Waals surface area contributed by atoms with Crippen molar-refractivity contribution >= 4 is 34.8 Å². The largest absolute Gasteiger partial charge is 0.332 e. The van der Waals surface area contributed by atoms with Crippen LogP contribution < -0.4 is 10.6 Å². The summed E-state index contributed by atoms with van der Waals surface area (Å²) in [6.45, 7) is 2.22. The van der Waals surface area contributed by atoms with Gasteiger partial charge in [-0.25, -0.2) is 0 Å². The molecule has 0 saturated heterocycles. The summed E-state index contributed by atoms with van der Waals surface area (Å²) in [6.07, 6.45) is 0. The zero-order chi connectivity index (χ0) is 16.8. The highest BCUT2D eigenvalue weighted by molar-refractivity contribution is 6.35. The number of benzene rings is 2. The number of rotatable bonds is 5. The van der Waals surface area contributed by atoms with Crippen LogP contribution in [-0.4, -0.2) is 12.5 Å². The van der Waals surface area contributed by atoms with Gasteiger partial charge >= 0.3 is 0 Å². The normalized spacial score (nSPS) is 11.6. The van der Waals surface area contributed by atoms with Crippen LogP contribution in [0.3, 0.4) is 0 Å². The number of carbonyl (C=O) groups is 1. The zero-order valence-corrected chi connectivity index (χ0v) is 14.0. The fourth-order valence-corrected chi connectivity index (χ4v) is 2.74. The van der Waals surface area contributed by atoms with Gasteiger partial charge in [-0.1, -0.05) is 35.3 Å². The molecule has 0 heterocycles. The molecule has 1 amide bonds. The third-order valence-electron chi connectivity index (χ3n) is 3.39. The van der Waals surface area contributed by atoms with Crippen molar-refractivity contribution in [3.8, 4) is 6.07 Å². The highest BCUT2D eigenvalue weighted by Gasteiger charge is 2.15. The maximum atomic E-state index is 12.0. The molecule has 0 radical (unpaired) electrons. The van der Waals surface area contributed by atoms with Crippen molar-refractivity contribution < 1.29 is 10.1 Å². The van der Waals surface area contributed by atoms with E-state index in [1.807, 2.05) is 24.4 Å². The number of anilines is 1. The maximum absolute atomic E-state index is 12.0. The summed E-state index contributed by atoms with van der Waals surface area (Å²) in [5.41, 5.74) is 2.04. The van der Waals surface area contributed by atoms with E-state index in [0.717, 1.165) is 5.56 Å². The number of halogens is 2. The predicted octanol–water partition coefficient (Wildman–Crippen LogP) is 3.13. The molecule has 0 fully saturated rings. The molecule has 0 bridgehead atoms. The van der Waals surface area contributed by atoms with Gasteiger partial charge in [-0.2, -0.15) is 5.26 Å². The molecule has 0 aliphatic rings. The number of nitrogens with zero attached hydrogens (tertiary/aromatic N) is 1. The summed E-state index contributed by atoms with van der Waals surface area (Å²) < 4.78 is 0. The van der Waals surface area contributed by atoms with Gasteiger partial charge in [0.25, 0.3) is 5.91 Å². The fraction of sp³-hybridized carbons (Fsp3) is 0.176. The van der Waals surface area contributed by atoms with Crippen LogP contribution >= 0.6 is 23.2 Å². The van der Waals surface area contributed by atoms with Crippen LogP contribution in [0.25, 0.3) is 0 Å². The minimum absolute atomic E-state index is 0.0240. The summed E-state index contributed by atoms with van der Waals surface area (Å²) in [6, 6.07) is 14.2. The molecule has 0 aliphatic heterocycles. The highest BCUT2D eigenvalue weighted by atomic mass is 35.5. The molecule has 2 rings (SSSR count). The van der Waals surface area contributed by atoms with Crippen molar-refractivity contribution in [2.75, 3.05) is 11.9 Å². The topological polar surface area (TPSA) is 69.5 Å². The standard InChI is InChI=1S/C17H15Cl2N3O/c1-11(15-6-5-13(18)8-16(15)19)21-10-17(23)22-14-4-2-3-12(7-14)9-20/h2-8,11,21H,10H2,1H3,(H,22,23)/p+1/t11-/m0/s1. The molecule has 4 nitrogen and oxygen atoms in total. The zero-order valence-electron chi connectivity index (χ0n) is 12.5. The number of carbonyl (C=O) groups excluding carboxylic acids is 1. The Labute approximate surface area is 145 Å². The van der Waals surface area contributed by atoms with Gasteiger partial charge in [-0.3, -0.25) is 4.79 Å². The van der Waals surface area contributed by atoms with Crippen LogP contribution in [0.2, 0.25) is 10.0 Å². The van der Waals surface area contributed by atoms with E-state index in [0.29, 0.717) is 21.3 Å². The van der Waals surface area contributed by atoms with Crippen LogP contribution in [0.5, 0.6) is 0 Å². The molecule has 0 aromatic heterocycles. The second-order valence-corrected chi connectivity index (χ2v) is 5.98. The third kappa shape index (κ3) is 4.97. The molecule has 0 saturated carbocycles. The number of hydrogen-bond donors (Lipinski definition) is 2. The average molecular weight is 349 g/mol. The SMILES string of the molecule is C[C@H]([NH2+]CC(=O)Nc1cccc(C#N)c1)c1ccc(Cl)cc1Cl. The number of amides is 1. The number of nitriles is 1. The maximum Gasteiger partial charge on any atom is 0.279 e. The molecule has 0 aliphatic carbocycles. The van der Waals surface area contributed by atoms with Gasteiger partial charge in [0.2, 0.25) is 0 Å². The number of nitrogens with two attached hydrogens (primary N) is 1. The first-order valence-electron chi connectivity index (χ1n) is 7.08. The second kappa shape index (κ2) is 7.98. The Morgan fingerprint density at radius 2 is 2.09 bits per heavy atom. The summed E-state index contributed by atoms with van der Waals surface area (Å²) >= 11 is 12.0. The van der Waals surface area contributed by atoms with E-state index in [1.54, 1.807) is 36.4 Å². The Bertz CT molecular complexity index is 756. The number of nitrogens with one attached hydrogen (secondary N) is 1. The van der Waals surface area contributed by atoms with Crippen molar-refractivity contribution in [2.45, 2.75) is 13.0 Å². The van der Waals surface area contributed by atoms with Gasteiger partial charge in [0.1, 0.15) is 6.04 Å². The van der Waals surface area contributed by atoms with Crippen molar-refractivity contribution in [2.24, 2.45) is 0 Å². The first-order valence-corrected chi connectivity index (χ1v) is 7.83. The van der Waals surface area contributed by atoms with E-state index in [1.165, 1.54) is 0 Å². The third-order valence-corrected chi connectivity index (χ3v) is 3.95. The monoisotopic (exact) mass is 348 g/mol. The predicted molar refractivity (Wildman–Crippen MR) is 91.5 cm³/mol. The minimum atomic E-state index is -0.142. The van der Waals surface area contributed by atoms with E-state index in [-0.39, 0.29) is 18.5 Å². The Kier molecular flexibility index (Phi) is 6.00. The highest BCUT2D eigenvalue weighted by Crippen LogP contribution is 2.24. The molecular weight excluding hydrogens is 333 g/mol. The summed E-state index contributed by atoms with van der Waals surface area (Å²) in [5, 5.41) is 14.7. The van der Waals surface area contributed by atoms with E-state index in [9.17, 15) is 4.79 Å². The summed E-state index contributed by atoms with van der Waals surface area (Å²) in [5.74, 6) is -0.142. The first kappa shape index (κ1) is 17.3. The first-order chi connectivity index (χ1) is 11.0. The van der Waals surface area contributed by atoms with Gasteiger partial charge in [0.05, 0.1) is 16.7 Å². The Morgan fingerprint density at radius 1 is 1.30 bits per heavy atom. The molecule has 1 atom stereocenters. The van der Waals surface area contributed by atoms with Crippen molar-refractivity contribution in [1.29, 1.82) is 5.26 Å². The minimum Gasteiger partial charge on any atom is -0.332 e. The average Bonchev–Trinajstić information content (AvgIpc) is 2.53. The lowest BCUT2D eigenvalue weighted by molar-refractivity contribution is -0.682. The van der Waals surface area contributed by atoms with E-state index in [2.05, 4.69) is 5.32 Å². The van der Waals surface area contributed by atoms with Crippen LogP contribution in [0.1, 0.15) is 24.1 Å². The van der Waals surface area contributed by atoms with Crippen molar-refractivity contribution in [1.82, 2.24) is 0 Å². The molecule has 0 spiro atoms. The van der Waals surface area contributed by atoms with Gasteiger partial charge in [-0.05, 0) is 37.3 Å². The van der Waals surface area contributed by atoms with Crippen LogP contribution in [0, 0.1) is 11.3 Å². The lowest BCUT2D eigenvalue weighted by Crippen LogP contribution is -2.86. The van der Waals surface area contributed by atoms with Crippen molar-refractivity contribution in [3.63, 3.8) is 0 Å². The van der Waals surface area contributed by atoms with Gasteiger partial charge < -0.3 is 10.6 Å². The van der Waals surface area contributed by atoms with E-state index < -0.39 is 0 Å². The quantitative estimate of drug-likeness (QED) is 0.871. The van der Waals surface area contributed by atoms with E-state index >= 15 is 0 Å². The van der Waals surface area contributed by atoms with Gasteiger partial charge in [0.15, 0.2) is 6.54 Å². The molecule has 2 aromatic rings. The Morgan fingerprint density at radius 3 is 2.78 bits per heavy atom. The molecule has 6 heteroatoms. The number of hydrogen-bond acceptors (Lipinski definition) is 2. The van der Waals surface area contributed by atoms with Crippen LogP contribution in [0.4, 0.5) is 5.69 Å². The van der Waals surface area contributed by atoms with Crippen LogP contribution in [-0.2, 0) is 4.79 Å². The molecule has 118 valence electrons. The van der Waals surface area contributed by atoms with E-state index in [4.69, 9.17) is 28.5 Å². The van der Waals surface area contributed by atoms with Gasteiger partial charge in [0, 0.05) is 16.3 Å². The van der Waals surface area contributed by atoms with Crippen molar-refractivity contribution in [3.05, 3.63) is 63.6 Å². The lowest BCUT2D eigenvalue weighted by Gasteiger charge is -2.13. The molecule has 0 unspecified atom stereocenters.